The highest BCUT2D eigenvalue weighted by Gasteiger charge is 2.20. The summed E-state index contributed by atoms with van der Waals surface area (Å²) in [6.45, 7) is 11.2. The average Bonchev–Trinajstić information content (AvgIpc) is 2.52. The highest BCUT2D eigenvalue weighted by atomic mass is 16.3. The fraction of sp³-hybridized carbons (Fsp3) is 0.455. The van der Waals surface area contributed by atoms with E-state index in [4.69, 9.17) is 0 Å². The van der Waals surface area contributed by atoms with Crippen molar-refractivity contribution in [3.8, 4) is 11.1 Å². The lowest BCUT2D eigenvalue weighted by Crippen LogP contribution is -2.14. The summed E-state index contributed by atoms with van der Waals surface area (Å²) >= 11 is 0. The van der Waals surface area contributed by atoms with E-state index in [-0.39, 0.29) is 12.0 Å². The maximum atomic E-state index is 10.1. The second-order valence-electron chi connectivity index (χ2n) is 8.10. The van der Waals surface area contributed by atoms with Gasteiger partial charge in [-0.3, -0.25) is 0 Å². The van der Waals surface area contributed by atoms with E-state index >= 15 is 0 Å². The number of nitrogens with zero attached hydrogens (tertiary/aromatic N) is 1. The Morgan fingerprint density at radius 1 is 1.04 bits per heavy atom. The summed E-state index contributed by atoms with van der Waals surface area (Å²) in [5.41, 5.74) is 7.17. The standard InChI is InChI=1S/C22H31NO/c1-15(2)19-12-17(22(3,4)5)13-20(21(19)14-24)16-9-8-10-18(11-16)23(6)7/h8-13,15,24H,14H2,1-7H3. The quantitative estimate of drug-likeness (QED) is 0.821. The molecular weight excluding hydrogens is 294 g/mol. The minimum atomic E-state index is 0.0689. The van der Waals surface area contributed by atoms with Crippen LogP contribution in [0.2, 0.25) is 0 Å². The SMILES string of the molecule is CC(C)c1cc(C(C)(C)C)cc(-c2cccc(N(C)C)c2)c1CO. The van der Waals surface area contributed by atoms with E-state index < -0.39 is 0 Å². The van der Waals surface area contributed by atoms with Gasteiger partial charge < -0.3 is 10.0 Å². The van der Waals surface area contributed by atoms with Crippen LogP contribution in [-0.4, -0.2) is 19.2 Å². The zero-order valence-corrected chi connectivity index (χ0v) is 16.1. The van der Waals surface area contributed by atoms with Gasteiger partial charge in [-0.1, -0.05) is 58.9 Å². The van der Waals surface area contributed by atoms with Crippen LogP contribution in [0.25, 0.3) is 11.1 Å². The Labute approximate surface area is 147 Å². The van der Waals surface area contributed by atoms with Gasteiger partial charge in [-0.25, -0.2) is 0 Å². The van der Waals surface area contributed by atoms with Gasteiger partial charge >= 0.3 is 0 Å². The van der Waals surface area contributed by atoms with E-state index in [1.165, 1.54) is 22.4 Å². The summed E-state index contributed by atoms with van der Waals surface area (Å²) in [6.07, 6.45) is 0. The molecule has 130 valence electrons. The fourth-order valence-electron chi connectivity index (χ4n) is 3.03. The molecule has 0 amide bonds. The molecule has 0 saturated carbocycles. The Hall–Kier alpha value is -1.80. The zero-order valence-electron chi connectivity index (χ0n) is 16.1. The average molecular weight is 325 g/mol. The van der Waals surface area contributed by atoms with Gasteiger partial charge in [0.2, 0.25) is 0 Å². The van der Waals surface area contributed by atoms with Crippen molar-refractivity contribution in [2.24, 2.45) is 0 Å². The summed E-state index contributed by atoms with van der Waals surface area (Å²) in [6, 6.07) is 13.1. The summed E-state index contributed by atoms with van der Waals surface area (Å²) in [7, 11) is 4.11. The molecule has 0 unspecified atom stereocenters. The largest absolute Gasteiger partial charge is 0.392 e. The number of hydrogen-bond acceptors (Lipinski definition) is 2. The van der Waals surface area contributed by atoms with Gasteiger partial charge in [-0.2, -0.15) is 0 Å². The summed E-state index contributed by atoms with van der Waals surface area (Å²) in [5.74, 6) is 0.380. The predicted octanol–water partition coefficient (Wildman–Crippen LogP) is 5.33. The number of hydrogen-bond donors (Lipinski definition) is 1. The van der Waals surface area contributed by atoms with Gasteiger partial charge in [0.05, 0.1) is 6.61 Å². The van der Waals surface area contributed by atoms with Crippen LogP contribution >= 0.6 is 0 Å². The molecule has 2 rings (SSSR count). The Balaban J connectivity index is 2.76. The molecule has 1 N–H and O–H groups in total. The van der Waals surface area contributed by atoms with Crippen molar-refractivity contribution in [2.75, 3.05) is 19.0 Å². The number of rotatable bonds is 4. The van der Waals surface area contributed by atoms with Crippen LogP contribution in [0.4, 0.5) is 5.69 Å². The minimum absolute atomic E-state index is 0.0689. The van der Waals surface area contributed by atoms with Gasteiger partial charge in [0.15, 0.2) is 0 Å². The molecule has 0 aliphatic heterocycles. The van der Waals surface area contributed by atoms with Crippen LogP contribution in [0.1, 0.15) is 57.2 Å². The lowest BCUT2D eigenvalue weighted by Gasteiger charge is -2.25. The smallest absolute Gasteiger partial charge is 0.0690 e. The molecule has 0 atom stereocenters. The van der Waals surface area contributed by atoms with E-state index in [9.17, 15) is 5.11 Å². The minimum Gasteiger partial charge on any atom is -0.392 e. The first-order chi connectivity index (χ1) is 11.1. The normalized spacial score (nSPS) is 11.9. The lowest BCUT2D eigenvalue weighted by molar-refractivity contribution is 0.280. The second-order valence-corrected chi connectivity index (χ2v) is 8.10. The molecule has 0 saturated heterocycles. The fourth-order valence-corrected chi connectivity index (χ4v) is 3.03. The van der Waals surface area contributed by atoms with Crippen molar-refractivity contribution in [3.63, 3.8) is 0 Å². The van der Waals surface area contributed by atoms with E-state index in [2.05, 4.69) is 90.0 Å². The topological polar surface area (TPSA) is 23.5 Å². The third kappa shape index (κ3) is 3.81. The molecule has 0 bridgehead atoms. The van der Waals surface area contributed by atoms with Gasteiger partial charge in [-0.05, 0) is 51.3 Å². The molecule has 2 aromatic rings. The van der Waals surface area contributed by atoms with Crippen molar-refractivity contribution >= 4 is 5.69 Å². The molecule has 0 fully saturated rings. The maximum Gasteiger partial charge on any atom is 0.0690 e. The highest BCUT2D eigenvalue weighted by molar-refractivity contribution is 5.73. The molecule has 24 heavy (non-hydrogen) atoms. The number of anilines is 1. The van der Waals surface area contributed by atoms with E-state index in [0.29, 0.717) is 5.92 Å². The van der Waals surface area contributed by atoms with Crippen LogP contribution in [0.15, 0.2) is 36.4 Å². The van der Waals surface area contributed by atoms with Gasteiger partial charge in [0.25, 0.3) is 0 Å². The van der Waals surface area contributed by atoms with Gasteiger partial charge in [0.1, 0.15) is 0 Å². The zero-order chi connectivity index (χ0) is 18.1. The lowest BCUT2D eigenvalue weighted by atomic mass is 9.80. The van der Waals surface area contributed by atoms with Crippen molar-refractivity contribution in [1.82, 2.24) is 0 Å². The van der Waals surface area contributed by atoms with Gasteiger partial charge in [0, 0.05) is 19.8 Å². The number of benzene rings is 2. The Kier molecular flexibility index (Phi) is 5.39. The summed E-state index contributed by atoms with van der Waals surface area (Å²) in [4.78, 5) is 2.11. The van der Waals surface area contributed by atoms with Crippen LogP contribution in [-0.2, 0) is 12.0 Å². The van der Waals surface area contributed by atoms with Crippen molar-refractivity contribution in [2.45, 2.75) is 52.6 Å². The second kappa shape index (κ2) is 6.98. The Morgan fingerprint density at radius 3 is 2.21 bits per heavy atom. The molecule has 0 aromatic heterocycles. The third-order valence-electron chi connectivity index (χ3n) is 4.60. The van der Waals surface area contributed by atoms with Crippen LogP contribution in [0.5, 0.6) is 0 Å². The van der Waals surface area contributed by atoms with E-state index in [1.807, 2.05) is 0 Å². The summed E-state index contributed by atoms with van der Waals surface area (Å²) in [5, 5.41) is 10.1. The molecule has 0 radical (unpaired) electrons. The van der Waals surface area contributed by atoms with Crippen molar-refractivity contribution in [3.05, 3.63) is 53.1 Å². The van der Waals surface area contributed by atoms with Crippen LogP contribution < -0.4 is 4.90 Å². The molecular formula is C22H31NO. The first kappa shape index (κ1) is 18.5. The summed E-state index contributed by atoms with van der Waals surface area (Å²) < 4.78 is 0. The molecule has 0 heterocycles. The molecule has 0 aliphatic rings. The molecule has 0 aliphatic carbocycles. The van der Waals surface area contributed by atoms with Gasteiger partial charge in [-0.15, -0.1) is 0 Å². The van der Waals surface area contributed by atoms with Crippen molar-refractivity contribution < 1.29 is 5.11 Å². The van der Waals surface area contributed by atoms with E-state index in [0.717, 1.165) is 11.1 Å². The Bertz CT molecular complexity index is 708. The van der Waals surface area contributed by atoms with Crippen molar-refractivity contribution in [1.29, 1.82) is 0 Å². The maximum absolute atomic E-state index is 10.1. The number of aliphatic hydroxyl groups excluding tert-OH is 1. The first-order valence-electron chi connectivity index (χ1n) is 8.71. The molecule has 2 nitrogen and oxygen atoms in total. The van der Waals surface area contributed by atoms with Crippen LogP contribution in [0.3, 0.4) is 0 Å². The monoisotopic (exact) mass is 325 g/mol. The molecule has 0 spiro atoms. The Morgan fingerprint density at radius 2 is 1.71 bits per heavy atom. The number of aliphatic hydroxyl groups is 1. The van der Waals surface area contributed by atoms with Crippen LogP contribution in [0, 0.1) is 0 Å². The van der Waals surface area contributed by atoms with E-state index in [1.54, 1.807) is 0 Å². The predicted molar refractivity (Wildman–Crippen MR) is 105 cm³/mol. The molecule has 2 heteroatoms. The third-order valence-corrected chi connectivity index (χ3v) is 4.60. The molecule has 2 aromatic carbocycles. The highest BCUT2D eigenvalue weighted by Crippen LogP contribution is 2.36. The first-order valence-corrected chi connectivity index (χ1v) is 8.71.